The molecule has 0 saturated carbocycles. The maximum Gasteiger partial charge on any atom is 0.235 e. The number of tetrazole rings is 1. The third-order valence-corrected chi connectivity index (χ3v) is 4.01. The topological polar surface area (TPSA) is 92.8 Å². The maximum absolute atomic E-state index is 12.9. The van der Waals surface area contributed by atoms with Crippen LogP contribution in [-0.4, -0.2) is 33.6 Å². The van der Waals surface area contributed by atoms with Crippen LogP contribution in [0.3, 0.4) is 0 Å². The van der Waals surface area contributed by atoms with E-state index >= 15 is 0 Å². The summed E-state index contributed by atoms with van der Waals surface area (Å²) in [6.07, 6.45) is 0.404. The van der Waals surface area contributed by atoms with Crippen molar-refractivity contribution in [2.75, 3.05) is 12.4 Å². The summed E-state index contributed by atoms with van der Waals surface area (Å²) >= 11 is 0. The van der Waals surface area contributed by atoms with Gasteiger partial charge in [0, 0.05) is 5.69 Å². The second kappa shape index (κ2) is 7.57. The minimum Gasteiger partial charge on any atom is -0.496 e. The molecule has 0 bridgehead atoms. The van der Waals surface area contributed by atoms with E-state index in [-0.39, 0.29) is 5.91 Å². The van der Waals surface area contributed by atoms with Crippen LogP contribution in [0, 0.1) is 6.92 Å². The average molecular weight is 337 g/mol. The number of methoxy groups -OCH3 is 1. The molecule has 1 aromatic heterocycles. The van der Waals surface area contributed by atoms with Gasteiger partial charge in [0.15, 0.2) is 5.82 Å². The predicted molar refractivity (Wildman–Crippen MR) is 93.4 cm³/mol. The lowest BCUT2D eigenvalue weighted by Crippen LogP contribution is -2.24. The van der Waals surface area contributed by atoms with Crippen molar-refractivity contribution < 1.29 is 9.53 Å². The van der Waals surface area contributed by atoms with Gasteiger partial charge >= 0.3 is 0 Å². The summed E-state index contributed by atoms with van der Waals surface area (Å²) in [5.41, 5.74) is 2.65. The highest BCUT2D eigenvalue weighted by Gasteiger charge is 2.26. The van der Waals surface area contributed by atoms with E-state index < -0.39 is 5.92 Å². The number of anilines is 1. The molecule has 0 radical (unpaired) electrons. The van der Waals surface area contributed by atoms with Gasteiger partial charge in [-0.1, -0.05) is 41.6 Å². The lowest BCUT2D eigenvalue weighted by molar-refractivity contribution is -0.117. The fourth-order valence-electron chi connectivity index (χ4n) is 2.64. The molecule has 1 amide bonds. The zero-order valence-electron chi connectivity index (χ0n) is 14.1. The second-order valence-electron chi connectivity index (χ2n) is 5.64. The Morgan fingerprint density at radius 2 is 1.96 bits per heavy atom. The molecule has 128 valence electrons. The van der Waals surface area contributed by atoms with Crippen molar-refractivity contribution in [3.8, 4) is 5.75 Å². The number of nitrogens with one attached hydrogen (secondary N) is 2. The summed E-state index contributed by atoms with van der Waals surface area (Å²) in [7, 11) is 1.61. The van der Waals surface area contributed by atoms with Gasteiger partial charge in [0.05, 0.1) is 7.11 Å². The summed E-state index contributed by atoms with van der Waals surface area (Å²) in [4.78, 5) is 12.9. The SMILES string of the molecule is COc1ccccc1C[C@H](C(=O)Nc1ccccc1C)c1nn[nH]n1. The Labute approximate surface area is 145 Å². The fraction of sp³-hybridized carbons (Fsp3) is 0.222. The number of hydrogen-bond donors (Lipinski definition) is 2. The molecule has 1 atom stereocenters. The highest BCUT2D eigenvalue weighted by atomic mass is 16.5. The van der Waals surface area contributed by atoms with Crippen molar-refractivity contribution in [1.29, 1.82) is 0 Å². The first-order chi connectivity index (χ1) is 12.2. The van der Waals surface area contributed by atoms with Crippen LogP contribution in [0.5, 0.6) is 5.75 Å². The van der Waals surface area contributed by atoms with Crippen LogP contribution in [0.2, 0.25) is 0 Å². The monoisotopic (exact) mass is 337 g/mol. The van der Waals surface area contributed by atoms with Gasteiger partial charge in [-0.25, -0.2) is 0 Å². The van der Waals surface area contributed by atoms with Crippen LogP contribution in [0.15, 0.2) is 48.5 Å². The van der Waals surface area contributed by atoms with E-state index in [4.69, 9.17) is 4.74 Å². The van der Waals surface area contributed by atoms with Crippen LogP contribution in [-0.2, 0) is 11.2 Å². The maximum atomic E-state index is 12.9. The summed E-state index contributed by atoms with van der Waals surface area (Å²) in [5, 5.41) is 17.0. The number of rotatable bonds is 6. The number of nitrogens with zero attached hydrogens (tertiary/aromatic N) is 3. The molecular weight excluding hydrogens is 318 g/mol. The molecule has 0 aliphatic carbocycles. The van der Waals surface area contributed by atoms with Crippen molar-refractivity contribution >= 4 is 11.6 Å². The summed E-state index contributed by atoms with van der Waals surface area (Å²) in [6.45, 7) is 1.94. The quantitative estimate of drug-likeness (QED) is 0.721. The number of amides is 1. The number of carbonyl (C=O) groups excluding carboxylic acids is 1. The van der Waals surface area contributed by atoms with Gasteiger partial charge in [0.1, 0.15) is 11.7 Å². The van der Waals surface area contributed by atoms with Crippen molar-refractivity contribution in [1.82, 2.24) is 20.6 Å². The predicted octanol–water partition coefficient (Wildman–Crippen LogP) is 2.48. The Bertz CT molecular complexity index is 848. The molecule has 0 unspecified atom stereocenters. The Morgan fingerprint density at radius 1 is 1.20 bits per heavy atom. The number of ether oxygens (including phenoxy) is 1. The molecule has 7 nitrogen and oxygen atoms in total. The molecule has 0 aliphatic heterocycles. The van der Waals surface area contributed by atoms with Crippen LogP contribution in [0.25, 0.3) is 0 Å². The number of aromatic nitrogens is 4. The van der Waals surface area contributed by atoms with Crippen molar-refractivity contribution in [3.05, 3.63) is 65.5 Å². The third kappa shape index (κ3) is 3.82. The number of benzene rings is 2. The lowest BCUT2D eigenvalue weighted by Gasteiger charge is -2.16. The zero-order chi connectivity index (χ0) is 17.6. The summed E-state index contributed by atoms with van der Waals surface area (Å²) in [5.74, 6) is 0.285. The number of hydrogen-bond acceptors (Lipinski definition) is 5. The second-order valence-corrected chi connectivity index (χ2v) is 5.64. The zero-order valence-corrected chi connectivity index (χ0v) is 14.1. The molecule has 7 heteroatoms. The largest absolute Gasteiger partial charge is 0.496 e. The molecule has 1 heterocycles. The van der Waals surface area contributed by atoms with Crippen LogP contribution < -0.4 is 10.1 Å². The highest BCUT2D eigenvalue weighted by Crippen LogP contribution is 2.26. The van der Waals surface area contributed by atoms with E-state index in [1.165, 1.54) is 0 Å². The Morgan fingerprint density at radius 3 is 2.68 bits per heavy atom. The number of carbonyl (C=O) groups is 1. The van der Waals surface area contributed by atoms with E-state index in [0.717, 1.165) is 22.6 Å². The van der Waals surface area contributed by atoms with Gasteiger partial charge in [-0.2, -0.15) is 5.21 Å². The number of aromatic amines is 1. The smallest absolute Gasteiger partial charge is 0.235 e. The van der Waals surface area contributed by atoms with Gasteiger partial charge in [-0.3, -0.25) is 4.79 Å². The lowest BCUT2D eigenvalue weighted by atomic mass is 9.96. The van der Waals surface area contributed by atoms with Gasteiger partial charge in [0.25, 0.3) is 0 Å². The number of para-hydroxylation sites is 2. The minimum absolute atomic E-state index is 0.193. The molecule has 2 N–H and O–H groups in total. The van der Waals surface area contributed by atoms with Crippen LogP contribution in [0.4, 0.5) is 5.69 Å². The molecule has 0 aliphatic rings. The molecule has 0 spiro atoms. The highest BCUT2D eigenvalue weighted by molar-refractivity contribution is 5.96. The Hall–Kier alpha value is -3.22. The Kier molecular flexibility index (Phi) is 5.03. The molecule has 3 aromatic rings. The first kappa shape index (κ1) is 16.6. The minimum atomic E-state index is -0.588. The van der Waals surface area contributed by atoms with Gasteiger partial charge in [0.2, 0.25) is 5.91 Å². The molecule has 25 heavy (non-hydrogen) atoms. The van der Waals surface area contributed by atoms with Crippen LogP contribution in [0.1, 0.15) is 22.9 Å². The fourth-order valence-corrected chi connectivity index (χ4v) is 2.64. The normalized spacial score (nSPS) is 11.8. The summed E-state index contributed by atoms with van der Waals surface area (Å²) in [6, 6.07) is 15.2. The molecule has 0 saturated heterocycles. The van der Waals surface area contributed by atoms with E-state index in [9.17, 15) is 4.79 Å². The molecule has 0 fully saturated rings. The third-order valence-electron chi connectivity index (χ3n) is 4.01. The van der Waals surface area contributed by atoms with Gasteiger partial charge in [-0.05, 0) is 36.6 Å². The average Bonchev–Trinajstić information content (AvgIpc) is 3.16. The van der Waals surface area contributed by atoms with E-state index in [1.807, 2.05) is 55.5 Å². The van der Waals surface area contributed by atoms with Crippen molar-refractivity contribution in [2.24, 2.45) is 0 Å². The van der Waals surface area contributed by atoms with E-state index in [2.05, 4.69) is 25.9 Å². The molecule has 2 aromatic carbocycles. The van der Waals surface area contributed by atoms with Crippen molar-refractivity contribution in [3.63, 3.8) is 0 Å². The first-order valence-corrected chi connectivity index (χ1v) is 7.90. The van der Waals surface area contributed by atoms with Gasteiger partial charge < -0.3 is 10.1 Å². The van der Waals surface area contributed by atoms with Gasteiger partial charge in [-0.15, -0.1) is 10.2 Å². The number of aryl methyl sites for hydroxylation is 1. The molecule has 3 rings (SSSR count). The Balaban J connectivity index is 1.88. The molecular formula is C18H19N5O2. The first-order valence-electron chi connectivity index (χ1n) is 7.90. The standard InChI is InChI=1S/C18H19N5O2/c1-12-7-3-5-9-15(12)19-18(24)14(17-20-22-23-21-17)11-13-8-4-6-10-16(13)25-2/h3-10,14H,11H2,1-2H3,(H,19,24)(H,20,21,22,23)/t14-/m0/s1. The van der Waals surface area contributed by atoms with Crippen LogP contribution >= 0.6 is 0 Å². The van der Waals surface area contributed by atoms with Crippen molar-refractivity contribution in [2.45, 2.75) is 19.3 Å². The van der Waals surface area contributed by atoms with E-state index in [1.54, 1.807) is 7.11 Å². The van der Waals surface area contributed by atoms with E-state index in [0.29, 0.717) is 12.2 Å². The summed E-state index contributed by atoms with van der Waals surface area (Å²) < 4.78 is 5.38. The number of H-pyrrole nitrogens is 1.